The molecule has 0 saturated carbocycles. The van der Waals surface area contributed by atoms with Crippen LogP contribution in [0.15, 0.2) is 0 Å². The molecule has 1 N–H and O–H groups in total. The molecular weight excluding hydrogens is 186 g/mol. The molecule has 2 nitrogen and oxygen atoms in total. The topological polar surface area (TPSA) is 21.3 Å². The van der Waals surface area contributed by atoms with E-state index < -0.39 is 0 Å². The van der Waals surface area contributed by atoms with Crippen LogP contribution in [0.25, 0.3) is 0 Å². The van der Waals surface area contributed by atoms with E-state index in [1.54, 1.807) is 0 Å². The van der Waals surface area contributed by atoms with Crippen LogP contribution in [-0.4, -0.2) is 26.3 Å². The lowest BCUT2D eigenvalue weighted by Gasteiger charge is -2.17. The standard InChI is InChI=1S/C13H27NO/c1-13(2,3)7-4-5-8-14-10-12-6-9-15-11-12/h12,14H,4-11H2,1-3H3. The number of hydrogen-bond donors (Lipinski definition) is 1. The van der Waals surface area contributed by atoms with Gasteiger partial charge in [-0.25, -0.2) is 0 Å². The zero-order valence-electron chi connectivity index (χ0n) is 10.6. The van der Waals surface area contributed by atoms with E-state index in [9.17, 15) is 0 Å². The first-order valence-electron chi connectivity index (χ1n) is 6.36. The summed E-state index contributed by atoms with van der Waals surface area (Å²) in [4.78, 5) is 0. The highest BCUT2D eigenvalue weighted by atomic mass is 16.5. The van der Waals surface area contributed by atoms with Crippen LogP contribution in [0.2, 0.25) is 0 Å². The first kappa shape index (κ1) is 13.0. The number of nitrogens with one attached hydrogen (secondary N) is 1. The highest BCUT2D eigenvalue weighted by Gasteiger charge is 2.14. The first-order chi connectivity index (χ1) is 7.08. The lowest BCUT2D eigenvalue weighted by Crippen LogP contribution is -2.24. The van der Waals surface area contributed by atoms with Crippen molar-refractivity contribution in [2.75, 3.05) is 26.3 Å². The fourth-order valence-corrected chi connectivity index (χ4v) is 1.96. The molecule has 1 unspecified atom stereocenters. The van der Waals surface area contributed by atoms with Gasteiger partial charge in [0.05, 0.1) is 6.61 Å². The molecule has 0 radical (unpaired) electrons. The van der Waals surface area contributed by atoms with Crippen molar-refractivity contribution in [2.24, 2.45) is 11.3 Å². The van der Waals surface area contributed by atoms with Crippen LogP contribution in [0.1, 0.15) is 46.5 Å². The van der Waals surface area contributed by atoms with Gasteiger partial charge in [-0.2, -0.15) is 0 Å². The van der Waals surface area contributed by atoms with E-state index in [0.717, 1.165) is 25.7 Å². The molecule has 0 aliphatic carbocycles. The minimum Gasteiger partial charge on any atom is -0.381 e. The monoisotopic (exact) mass is 213 g/mol. The highest BCUT2D eigenvalue weighted by Crippen LogP contribution is 2.21. The summed E-state index contributed by atoms with van der Waals surface area (Å²) in [6.45, 7) is 11.2. The molecular formula is C13H27NO. The van der Waals surface area contributed by atoms with Crippen molar-refractivity contribution in [1.82, 2.24) is 5.32 Å². The van der Waals surface area contributed by atoms with E-state index in [1.807, 2.05) is 0 Å². The number of hydrogen-bond acceptors (Lipinski definition) is 2. The van der Waals surface area contributed by atoms with E-state index in [0.29, 0.717) is 5.41 Å². The predicted molar refractivity (Wildman–Crippen MR) is 65.1 cm³/mol. The highest BCUT2D eigenvalue weighted by molar-refractivity contribution is 4.67. The Balaban J connectivity index is 1.84. The third-order valence-electron chi connectivity index (χ3n) is 2.99. The Bertz CT molecular complexity index is 156. The van der Waals surface area contributed by atoms with Gasteiger partial charge in [-0.05, 0) is 37.1 Å². The maximum absolute atomic E-state index is 5.34. The van der Waals surface area contributed by atoms with Crippen LogP contribution >= 0.6 is 0 Å². The Labute approximate surface area is 94.8 Å². The summed E-state index contributed by atoms with van der Waals surface area (Å²) in [6.07, 6.45) is 5.23. The molecule has 1 aliphatic rings. The Kier molecular flexibility index (Phi) is 5.62. The summed E-state index contributed by atoms with van der Waals surface area (Å²) in [7, 11) is 0. The second kappa shape index (κ2) is 6.49. The molecule has 1 aliphatic heterocycles. The fourth-order valence-electron chi connectivity index (χ4n) is 1.96. The number of unbranched alkanes of at least 4 members (excludes halogenated alkanes) is 1. The van der Waals surface area contributed by atoms with Crippen molar-refractivity contribution in [3.8, 4) is 0 Å². The second-order valence-corrected chi connectivity index (χ2v) is 5.95. The predicted octanol–water partition coefficient (Wildman–Crippen LogP) is 2.83. The van der Waals surface area contributed by atoms with E-state index in [4.69, 9.17) is 4.74 Å². The zero-order chi connectivity index (χ0) is 11.1. The van der Waals surface area contributed by atoms with E-state index >= 15 is 0 Å². The maximum atomic E-state index is 5.34. The van der Waals surface area contributed by atoms with Gasteiger partial charge < -0.3 is 10.1 Å². The molecule has 1 rings (SSSR count). The van der Waals surface area contributed by atoms with Gasteiger partial charge in [-0.3, -0.25) is 0 Å². The summed E-state index contributed by atoms with van der Waals surface area (Å²) in [5.41, 5.74) is 0.499. The van der Waals surface area contributed by atoms with Crippen molar-refractivity contribution in [3.63, 3.8) is 0 Å². The molecule has 0 bridgehead atoms. The summed E-state index contributed by atoms with van der Waals surface area (Å²) in [5.74, 6) is 0.771. The van der Waals surface area contributed by atoms with Crippen LogP contribution in [0.5, 0.6) is 0 Å². The Morgan fingerprint density at radius 1 is 1.27 bits per heavy atom. The van der Waals surface area contributed by atoms with Gasteiger partial charge in [-0.15, -0.1) is 0 Å². The van der Waals surface area contributed by atoms with Crippen LogP contribution < -0.4 is 5.32 Å². The van der Waals surface area contributed by atoms with Crippen molar-refractivity contribution in [3.05, 3.63) is 0 Å². The number of rotatable bonds is 6. The van der Waals surface area contributed by atoms with Crippen molar-refractivity contribution in [1.29, 1.82) is 0 Å². The van der Waals surface area contributed by atoms with Gasteiger partial charge in [0.1, 0.15) is 0 Å². The molecule has 1 heterocycles. The zero-order valence-corrected chi connectivity index (χ0v) is 10.6. The maximum Gasteiger partial charge on any atom is 0.0507 e. The fraction of sp³-hybridized carbons (Fsp3) is 1.00. The molecule has 1 atom stereocenters. The van der Waals surface area contributed by atoms with Crippen molar-refractivity contribution in [2.45, 2.75) is 46.5 Å². The van der Waals surface area contributed by atoms with E-state index in [2.05, 4.69) is 26.1 Å². The minimum atomic E-state index is 0.499. The van der Waals surface area contributed by atoms with Gasteiger partial charge >= 0.3 is 0 Å². The summed E-state index contributed by atoms with van der Waals surface area (Å²) in [6, 6.07) is 0. The lowest BCUT2D eigenvalue weighted by atomic mass is 9.90. The van der Waals surface area contributed by atoms with Gasteiger partial charge in [0.25, 0.3) is 0 Å². The summed E-state index contributed by atoms with van der Waals surface area (Å²) < 4.78 is 5.34. The van der Waals surface area contributed by atoms with Crippen LogP contribution in [0.3, 0.4) is 0 Å². The Hall–Kier alpha value is -0.0800. The minimum absolute atomic E-state index is 0.499. The van der Waals surface area contributed by atoms with Crippen LogP contribution in [0, 0.1) is 11.3 Å². The lowest BCUT2D eigenvalue weighted by molar-refractivity contribution is 0.185. The van der Waals surface area contributed by atoms with Gasteiger partial charge in [0.2, 0.25) is 0 Å². The molecule has 1 fully saturated rings. The molecule has 0 aromatic heterocycles. The second-order valence-electron chi connectivity index (χ2n) is 5.95. The molecule has 1 saturated heterocycles. The van der Waals surface area contributed by atoms with E-state index in [-0.39, 0.29) is 0 Å². The van der Waals surface area contributed by atoms with Gasteiger partial charge in [-0.1, -0.05) is 27.2 Å². The quantitative estimate of drug-likeness (QED) is 0.685. The molecule has 0 amide bonds. The molecule has 2 heteroatoms. The molecule has 0 aromatic rings. The van der Waals surface area contributed by atoms with Crippen molar-refractivity contribution < 1.29 is 4.74 Å². The molecule has 15 heavy (non-hydrogen) atoms. The Morgan fingerprint density at radius 2 is 2.07 bits per heavy atom. The third kappa shape index (κ3) is 6.91. The number of ether oxygens (including phenoxy) is 1. The smallest absolute Gasteiger partial charge is 0.0507 e. The van der Waals surface area contributed by atoms with Gasteiger partial charge in [0, 0.05) is 13.2 Å². The average molecular weight is 213 g/mol. The normalized spacial score (nSPS) is 22.2. The van der Waals surface area contributed by atoms with Gasteiger partial charge in [0.15, 0.2) is 0 Å². The Morgan fingerprint density at radius 3 is 2.67 bits per heavy atom. The summed E-state index contributed by atoms with van der Waals surface area (Å²) >= 11 is 0. The van der Waals surface area contributed by atoms with Crippen LogP contribution in [0.4, 0.5) is 0 Å². The average Bonchev–Trinajstić information content (AvgIpc) is 2.61. The molecule has 0 spiro atoms. The first-order valence-corrected chi connectivity index (χ1v) is 6.36. The summed E-state index contributed by atoms with van der Waals surface area (Å²) in [5, 5.41) is 3.53. The molecule has 0 aromatic carbocycles. The van der Waals surface area contributed by atoms with Crippen molar-refractivity contribution >= 4 is 0 Å². The van der Waals surface area contributed by atoms with Crippen LogP contribution in [-0.2, 0) is 4.74 Å². The largest absolute Gasteiger partial charge is 0.381 e. The molecule has 90 valence electrons. The van der Waals surface area contributed by atoms with E-state index in [1.165, 1.54) is 32.2 Å². The third-order valence-corrected chi connectivity index (χ3v) is 2.99. The SMILES string of the molecule is CC(C)(C)CCCCNCC1CCOC1.